The normalized spacial score (nSPS) is 12.4. The molecule has 1 aromatic heterocycles. The van der Waals surface area contributed by atoms with E-state index in [0.717, 1.165) is 6.42 Å². The molecule has 0 radical (unpaired) electrons. The number of nitro benzene ring substituents is 1. The van der Waals surface area contributed by atoms with Crippen molar-refractivity contribution in [2.75, 3.05) is 0 Å². The summed E-state index contributed by atoms with van der Waals surface area (Å²) in [5.74, 6) is 0. The Bertz CT molecular complexity index is 613. The molecule has 8 heteroatoms. The van der Waals surface area contributed by atoms with Crippen LogP contribution in [0.15, 0.2) is 24.4 Å². The summed E-state index contributed by atoms with van der Waals surface area (Å²) in [6, 6.07) is 3.97. The summed E-state index contributed by atoms with van der Waals surface area (Å²) in [7, 11) is 0. The van der Waals surface area contributed by atoms with Gasteiger partial charge in [0.1, 0.15) is 0 Å². The van der Waals surface area contributed by atoms with Crippen molar-refractivity contribution < 1.29 is 4.92 Å². The summed E-state index contributed by atoms with van der Waals surface area (Å²) in [5.41, 5.74) is 6.95. The van der Waals surface area contributed by atoms with Crippen LogP contribution in [0.4, 0.5) is 5.69 Å². The van der Waals surface area contributed by atoms with Gasteiger partial charge in [0.15, 0.2) is 0 Å². The number of nitrogens with two attached hydrogens (primary N) is 1. The van der Waals surface area contributed by atoms with E-state index >= 15 is 0 Å². The van der Waals surface area contributed by atoms with Gasteiger partial charge in [0.05, 0.1) is 33.6 Å². The first-order valence-corrected chi connectivity index (χ1v) is 6.03. The smallest absolute Gasteiger partial charge is 0.271 e. The number of halogens is 1. The second-order valence-corrected chi connectivity index (χ2v) is 4.40. The van der Waals surface area contributed by atoms with Gasteiger partial charge in [0.25, 0.3) is 5.69 Å². The Morgan fingerprint density at radius 3 is 2.89 bits per heavy atom. The third-order valence-electron chi connectivity index (χ3n) is 2.72. The number of hydrogen-bond acceptors (Lipinski definition) is 5. The molecule has 0 saturated heterocycles. The number of rotatable bonds is 4. The highest BCUT2D eigenvalue weighted by Crippen LogP contribution is 2.25. The van der Waals surface area contributed by atoms with E-state index in [9.17, 15) is 10.1 Å². The van der Waals surface area contributed by atoms with E-state index in [4.69, 9.17) is 17.3 Å². The van der Waals surface area contributed by atoms with E-state index in [-0.39, 0.29) is 16.8 Å². The Morgan fingerprint density at radius 2 is 2.32 bits per heavy atom. The van der Waals surface area contributed by atoms with Crippen molar-refractivity contribution >= 4 is 17.3 Å². The molecule has 0 bridgehead atoms. The predicted octanol–water partition coefficient (Wildman–Crippen LogP) is 2.24. The summed E-state index contributed by atoms with van der Waals surface area (Å²) in [6.07, 6.45) is 2.41. The largest absolute Gasteiger partial charge is 0.323 e. The number of benzene rings is 1. The van der Waals surface area contributed by atoms with E-state index in [2.05, 4.69) is 10.3 Å². The highest BCUT2D eigenvalue weighted by molar-refractivity contribution is 6.32. The zero-order chi connectivity index (χ0) is 14.0. The van der Waals surface area contributed by atoms with Crippen LogP contribution in [0.5, 0.6) is 0 Å². The maximum atomic E-state index is 10.6. The molecule has 0 fully saturated rings. The van der Waals surface area contributed by atoms with E-state index in [1.807, 2.05) is 6.92 Å². The van der Waals surface area contributed by atoms with Crippen LogP contribution in [0.2, 0.25) is 5.02 Å². The van der Waals surface area contributed by atoms with Gasteiger partial charge in [-0.2, -0.15) is 0 Å². The molecule has 100 valence electrons. The summed E-state index contributed by atoms with van der Waals surface area (Å²) in [4.78, 5) is 10.1. The van der Waals surface area contributed by atoms with Crippen LogP contribution in [0.25, 0.3) is 5.69 Å². The number of nitro groups is 1. The molecular formula is C11H12ClN5O2. The van der Waals surface area contributed by atoms with Crippen LogP contribution >= 0.6 is 11.6 Å². The predicted molar refractivity (Wildman–Crippen MR) is 70.2 cm³/mol. The van der Waals surface area contributed by atoms with Gasteiger partial charge in [-0.15, -0.1) is 5.10 Å². The molecule has 1 atom stereocenters. The number of nitrogens with zero attached hydrogens (tertiary/aromatic N) is 4. The highest BCUT2D eigenvalue weighted by Gasteiger charge is 2.14. The van der Waals surface area contributed by atoms with E-state index < -0.39 is 4.92 Å². The molecule has 0 amide bonds. The van der Waals surface area contributed by atoms with E-state index in [1.165, 1.54) is 22.9 Å². The fourth-order valence-electron chi connectivity index (χ4n) is 1.57. The number of non-ortho nitro benzene ring substituents is 1. The van der Waals surface area contributed by atoms with Gasteiger partial charge in [0, 0.05) is 12.1 Å². The van der Waals surface area contributed by atoms with Gasteiger partial charge < -0.3 is 5.73 Å². The Hall–Kier alpha value is -1.99. The highest BCUT2D eigenvalue weighted by atomic mass is 35.5. The topological polar surface area (TPSA) is 99.9 Å². The van der Waals surface area contributed by atoms with Crippen LogP contribution in [0.3, 0.4) is 0 Å². The molecule has 2 aromatic rings. The third-order valence-corrected chi connectivity index (χ3v) is 3.02. The first kappa shape index (κ1) is 13.4. The minimum absolute atomic E-state index is 0.0700. The van der Waals surface area contributed by atoms with E-state index in [0.29, 0.717) is 11.4 Å². The van der Waals surface area contributed by atoms with Crippen molar-refractivity contribution in [2.45, 2.75) is 19.4 Å². The first-order valence-electron chi connectivity index (χ1n) is 5.65. The van der Waals surface area contributed by atoms with Gasteiger partial charge in [-0.25, -0.2) is 4.68 Å². The lowest BCUT2D eigenvalue weighted by Gasteiger charge is -2.03. The molecule has 19 heavy (non-hydrogen) atoms. The SMILES string of the molecule is CCC(N)c1cn(-c2ccc([N+](=O)[O-])cc2Cl)nn1. The Kier molecular flexibility index (Phi) is 3.77. The van der Waals surface area contributed by atoms with Crippen molar-refractivity contribution in [3.05, 3.63) is 45.2 Å². The summed E-state index contributed by atoms with van der Waals surface area (Å²) < 4.78 is 1.46. The zero-order valence-electron chi connectivity index (χ0n) is 10.2. The van der Waals surface area contributed by atoms with Crippen molar-refractivity contribution in [1.29, 1.82) is 0 Å². The first-order chi connectivity index (χ1) is 9.02. The summed E-state index contributed by atoms with van der Waals surface area (Å²) >= 11 is 6.01. The van der Waals surface area contributed by atoms with Crippen LogP contribution in [-0.2, 0) is 0 Å². The van der Waals surface area contributed by atoms with Gasteiger partial charge >= 0.3 is 0 Å². The molecule has 1 heterocycles. The van der Waals surface area contributed by atoms with Crippen LogP contribution in [0, 0.1) is 10.1 Å². The second-order valence-electron chi connectivity index (χ2n) is 4.00. The molecule has 7 nitrogen and oxygen atoms in total. The number of hydrogen-bond donors (Lipinski definition) is 1. The average Bonchev–Trinajstić information content (AvgIpc) is 2.87. The Balaban J connectivity index is 2.37. The van der Waals surface area contributed by atoms with Crippen LogP contribution in [-0.4, -0.2) is 19.9 Å². The van der Waals surface area contributed by atoms with Gasteiger partial charge in [-0.1, -0.05) is 23.7 Å². The van der Waals surface area contributed by atoms with Crippen molar-refractivity contribution in [3.63, 3.8) is 0 Å². The molecule has 1 unspecified atom stereocenters. The Labute approximate surface area is 114 Å². The standard InChI is InChI=1S/C11H12ClN5O2/c1-2-9(13)10-6-16(15-14-10)11-4-3-7(17(18)19)5-8(11)12/h3-6,9H,2,13H2,1H3. The molecule has 1 aromatic carbocycles. The monoisotopic (exact) mass is 281 g/mol. The second kappa shape index (κ2) is 5.33. The molecule has 0 saturated carbocycles. The maximum absolute atomic E-state index is 10.6. The van der Waals surface area contributed by atoms with Gasteiger partial charge in [0.2, 0.25) is 0 Å². The minimum Gasteiger partial charge on any atom is -0.323 e. The lowest BCUT2D eigenvalue weighted by Crippen LogP contribution is -2.08. The molecule has 0 aliphatic rings. The minimum atomic E-state index is -0.505. The average molecular weight is 282 g/mol. The maximum Gasteiger partial charge on any atom is 0.271 e. The molecular weight excluding hydrogens is 270 g/mol. The fourth-order valence-corrected chi connectivity index (χ4v) is 1.83. The lowest BCUT2D eigenvalue weighted by molar-refractivity contribution is -0.384. The van der Waals surface area contributed by atoms with E-state index in [1.54, 1.807) is 6.20 Å². The van der Waals surface area contributed by atoms with Crippen LogP contribution in [0.1, 0.15) is 25.1 Å². The zero-order valence-corrected chi connectivity index (χ0v) is 10.9. The summed E-state index contributed by atoms with van der Waals surface area (Å²) in [5, 5.41) is 18.7. The molecule has 2 rings (SSSR count). The lowest BCUT2D eigenvalue weighted by atomic mass is 10.2. The Morgan fingerprint density at radius 1 is 1.58 bits per heavy atom. The molecule has 0 spiro atoms. The third kappa shape index (κ3) is 2.72. The quantitative estimate of drug-likeness (QED) is 0.684. The van der Waals surface area contributed by atoms with Gasteiger partial charge in [-0.3, -0.25) is 10.1 Å². The van der Waals surface area contributed by atoms with Crippen LogP contribution < -0.4 is 5.73 Å². The van der Waals surface area contributed by atoms with Crippen molar-refractivity contribution in [2.24, 2.45) is 5.73 Å². The van der Waals surface area contributed by atoms with Crippen molar-refractivity contribution in [1.82, 2.24) is 15.0 Å². The summed E-state index contributed by atoms with van der Waals surface area (Å²) in [6.45, 7) is 1.95. The molecule has 2 N–H and O–H groups in total. The molecule has 0 aliphatic heterocycles. The molecule has 0 aliphatic carbocycles. The fraction of sp³-hybridized carbons (Fsp3) is 0.273. The van der Waals surface area contributed by atoms with Crippen molar-refractivity contribution in [3.8, 4) is 5.69 Å². The number of aromatic nitrogens is 3. The van der Waals surface area contributed by atoms with Gasteiger partial charge in [-0.05, 0) is 12.5 Å².